The molecule has 1 fully saturated rings. The topological polar surface area (TPSA) is 75.0 Å². The van der Waals surface area contributed by atoms with E-state index < -0.39 is 0 Å². The normalized spacial score (nSPS) is 16.3. The minimum absolute atomic E-state index is 0.0337. The first-order chi connectivity index (χ1) is 13.5. The number of ether oxygens (including phenoxy) is 1. The van der Waals surface area contributed by atoms with Gasteiger partial charge in [-0.15, -0.1) is 0 Å². The Morgan fingerprint density at radius 1 is 1.36 bits per heavy atom. The maximum Gasteiger partial charge on any atom is 0.246 e. The smallest absolute Gasteiger partial charge is 0.246 e. The van der Waals surface area contributed by atoms with E-state index in [1.165, 1.54) is 0 Å². The van der Waals surface area contributed by atoms with Crippen LogP contribution in [-0.4, -0.2) is 65.9 Å². The number of aryl methyl sites for hydroxylation is 2. The Balaban J connectivity index is 1.53. The lowest BCUT2D eigenvalue weighted by atomic mass is 10.2. The SMILES string of the molecule is CN=C(NCC(C)Oc1ccccc1C)N1CCN(c2cnn(C)c2)C(=O)C1. The van der Waals surface area contributed by atoms with Crippen LogP contribution in [0.1, 0.15) is 12.5 Å². The maximum absolute atomic E-state index is 12.6. The number of nitrogens with one attached hydrogen (secondary N) is 1. The summed E-state index contributed by atoms with van der Waals surface area (Å²) in [5.74, 6) is 1.62. The molecule has 1 aromatic carbocycles. The van der Waals surface area contributed by atoms with E-state index in [2.05, 4.69) is 15.4 Å². The van der Waals surface area contributed by atoms with Gasteiger partial charge in [0.05, 0.1) is 18.4 Å². The third-order valence-electron chi connectivity index (χ3n) is 4.70. The van der Waals surface area contributed by atoms with Crippen molar-refractivity contribution in [1.29, 1.82) is 0 Å². The van der Waals surface area contributed by atoms with Crippen molar-refractivity contribution in [3.8, 4) is 5.75 Å². The first-order valence-corrected chi connectivity index (χ1v) is 9.45. The molecule has 8 heteroatoms. The second kappa shape index (κ2) is 8.77. The number of anilines is 1. The van der Waals surface area contributed by atoms with Crippen LogP contribution in [0.15, 0.2) is 41.7 Å². The molecule has 1 atom stereocenters. The van der Waals surface area contributed by atoms with Gasteiger partial charge in [-0.25, -0.2) is 0 Å². The van der Waals surface area contributed by atoms with Crippen LogP contribution in [0.5, 0.6) is 5.75 Å². The number of aromatic nitrogens is 2. The minimum Gasteiger partial charge on any atom is -0.489 e. The summed E-state index contributed by atoms with van der Waals surface area (Å²) < 4.78 is 7.70. The van der Waals surface area contributed by atoms with Crippen LogP contribution in [0.3, 0.4) is 0 Å². The standard InChI is InChI=1S/C20H28N6O2/c1-15-7-5-6-8-18(15)28-16(2)11-22-20(21-3)25-9-10-26(19(27)14-25)17-12-23-24(4)13-17/h5-8,12-13,16H,9-11,14H2,1-4H3,(H,21,22). The van der Waals surface area contributed by atoms with Gasteiger partial charge in [0.25, 0.3) is 0 Å². The maximum atomic E-state index is 12.6. The van der Waals surface area contributed by atoms with Crippen LogP contribution in [-0.2, 0) is 11.8 Å². The highest BCUT2D eigenvalue weighted by Gasteiger charge is 2.27. The molecule has 2 heterocycles. The molecule has 1 aromatic heterocycles. The predicted octanol–water partition coefficient (Wildman–Crippen LogP) is 1.42. The number of para-hydroxylation sites is 1. The highest BCUT2D eigenvalue weighted by Crippen LogP contribution is 2.18. The van der Waals surface area contributed by atoms with Gasteiger partial charge in [0.2, 0.25) is 5.91 Å². The summed E-state index contributed by atoms with van der Waals surface area (Å²) in [6.07, 6.45) is 3.53. The molecular formula is C20H28N6O2. The fourth-order valence-corrected chi connectivity index (χ4v) is 3.19. The average Bonchev–Trinajstić information content (AvgIpc) is 3.10. The van der Waals surface area contributed by atoms with Gasteiger partial charge in [-0.1, -0.05) is 18.2 Å². The quantitative estimate of drug-likeness (QED) is 0.623. The van der Waals surface area contributed by atoms with Crippen molar-refractivity contribution in [3.63, 3.8) is 0 Å². The molecule has 0 saturated carbocycles. The van der Waals surface area contributed by atoms with E-state index in [0.717, 1.165) is 17.0 Å². The molecule has 0 aliphatic carbocycles. The number of amides is 1. The monoisotopic (exact) mass is 384 g/mol. The molecule has 1 unspecified atom stereocenters. The fraction of sp³-hybridized carbons (Fsp3) is 0.450. The molecule has 1 saturated heterocycles. The molecule has 8 nitrogen and oxygen atoms in total. The van der Waals surface area contributed by atoms with E-state index in [4.69, 9.17) is 4.74 Å². The third kappa shape index (κ3) is 4.62. The lowest BCUT2D eigenvalue weighted by Gasteiger charge is -2.35. The lowest BCUT2D eigenvalue weighted by molar-refractivity contribution is -0.120. The van der Waals surface area contributed by atoms with Crippen LogP contribution < -0.4 is 15.0 Å². The van der Waals surface area contributed by atoms with Crippen LogP contribution >= 0.6 is 0 Å². The van der Waals surface area contributed by atoms with E-state index >= 15 is 0 Å². The summed E-state index contributed by atoms with van der Waals surface area (Å²) in [7, 11) is 3.57. The van der Waals surface area contributed by atoms with Crippen LogP contribution in [0.2, 0.25) is 0 Å². The van der Waals surface area contributed by atoms with Crippen molar-refractivity contribution < 1.29 is 9.53 Å². The summed E-state index contributed by atoms with van der Waals surface area (Å²) in [6.45, 7) is 6.22. The summed E-state index contributed by atoms with van der Waals surface area (Å²) >= 11 is 0. The van der Waals surface area contributed by atoms with E-state index in [0.29, 0.717) is 25.6 Å². The van der Waals surface area contributed by atoms with E-state index in [-0.39, 0.29) is 18.6 Å². The molecule has 0 bridgehead atoms. The number of aliphatic imine (C=N–C) groups is 1. The van der Waals surface area contributed by atoms with Crippen LogP contribution in [0.25, 0.3) is 0 Å². The fourth-order valence-electron chi connectivity index (χ4n) is 3.19. The largest absolute Gasteiger partial charge is 0.489 e. The predicted molar refractivity (Wildman–Crippen MR) is 110 cm³/mol. The van der Waals surface area contributed by atoms with Gasteiger partial charge in [-0.3, -0.25) is 14.5 Å². The zero-order valence-electron chi connectivity index (χ0n) is 16.9. The summed E-state index contributed by atoms with van der Waals surface area (Å²) in [5.41, 5.74) is 1.94. The second-order valence-corrected chi connectivity index (χ2v) is 6.96. The number of nitrogens with zero attached hydrogens (tertiary/aromatic N) is 5. The lowest BCUT2D eigenvalue weighted by Crippen LogP contribution is -2.56. The third-order valence-corrected chi connectivity index (χ3v) is 4.70. The number of piperazine rings is 1. The molecule has 3 rings (SSSR count). The number of carbonyl (C=O) groups excluding carboxylic acids is 1. The highest BCUT2D eigenvalue weighted by atomic mass is 16.5. The molecule has 1 aliphatic rings. The van der Waals surface area contributed by atoms with Gasteiger partial charge in [0.15, 0.2) is 5.96 Å². The van der Waals surface area contributed by atoms with Crippen molar-refractivity contribution in [2.24, 2.45) is 12.0 Å². The highest BCUT2D eigenvalue weighted by molar-refractivity contribution is 5.98. The molecule has 28 heavy (non-hydrogen) atoms. The van der Waals surface area contributed by atoms with Crippen LogP contribution in [0.4, 0.5) is 5.69 Å². The number of guanidine groups is 1. The van der Waals surface area contributed by atoms with Crippen molar-refractivity contribution in [3.05, 3.63) is 42.2 Å². The Labute approximate surface area is 165 Å². The van der Waals surface area contributed by atoms with Crippen molar-refractivity contribution >= 4 is 17.6 Å². The average molecular weight is 384 g/mol. The summed E-state index contributed by atoms with van der Waals surface area (Å²) in [6, 6.07) is 7.96. The van der Waals surface area contributed by atoms with Crippen LogP contribution in [0, 0.1) is 6.92 Å². The number of rotatable bonds is 5. The molecule has 0 radical (unpaired) electrons. The van der Waals surface area contributed by atoms with Crippen molar-refractivity contribution in [2.75, 3.05) is 38.1 Å². The number of carbonyl (C=O) groups is 1. The minimum atomic E-state index is -0.0368. The van der Waals surface area contributed by atoms with E-state index in [1.807, 2.05) is 56.3 Å². The Hall–Kier alpha value is -3.03. The molecule has 2 aromatic rings. The van der Waals surface area contributed by atoms with Crippen molar-refractivity contribution in [2.45, 2.75) is 20.0 Å². The molecular weight excluding hydrogens is 356 g/mol. The van der Waals surface area contributed by atoms with Gasteiger partial charge < -0.3 is 19.9 Å². The van der Waals surface area contributed by atoms with Gasteiger partial charge >= 0.3 is 0 Å². The Morgan fingerprint density at radius 3 is 2.79 bits per heavy atom. The Bertz CT molecular complexity index is 847. The first kappa shape index (κ1) is 19.7. The Kier molecular flexibility index (Phi) is 6.18. The molecule has 0 spiro atoms. The van der Waals surface area contributed by atoms with Gasteiger partial charge in [0.1, 0.15) is 18.4 Å². The Morgan fingerprint density at radius 2 is 2.14 bits per heavy atom. The van der Waals surface area contributed by atoms with Crippen molar-refractivity contribution in [1.82, 2.24) is 20.0 Å². The molecule has 1 amide bonds. The van der Waals surface area contributed by atoms with Gasteiger partial charge in [-0.2, -0.15) is 5.10 Å². The van der Waals surface area contributed by atoms with E-state index in [1.54, 1.807) is 22.8 Å². The molecule has 1 N–H and O–H groups in total. The number of hydrogen-bond donors (Lipinski definition) is 1. The van der Waals surface area contributed by atoms with Gasteiger partial charge in [-0.05, 0) is 25.5 Å². The molecule has 150 valence electrons. The second-order valence-electron chi connectivity index (χ2n) is 6.96. The first-order valence-electron chi connectivity index (χ1n) is 9.45. The summed E-state index contributed by atoms with van der Waals surface area (Å²) in [4.78, 5) is 20.7. The summed E-state index contributed by atoms with van der Waals surface area (Å²) in [5, 5.41) is 7.47. The molecule has 1 aliphatic heterocycles. The zero-order chi connectivity index (χ0) is 20.1. The van der Waals surface area contributed by atoms with E-state index in [9.17, 15) is 4.79 Å². The zero-order valence-corrected chi connectivity index (χ0v) is 16.9. The number of benzene rings is 1. The number of hydrogen-bond acceptors (Lipinski definition) is 4. The van der Waals surface area contributed by atoms with Gasteiger partial charge in [0, 0.05) is 33.4 Å².